The van der Waals surface area contributed by atoms with Gasteiger partial charge in [0.15, 0.2) is 0 Å². The maximum atomic E-state index is 11.1. The Bertz CT molecular complexity index is 351. The molecule has 3 nitrogen and oxygen atoms in total. The lowest BCUT2D eigenvalue weighted by atomic mass is 10.0. The fourth-order valence-electron chi connectivity index (χ4n) is 1.25. The molecule has 1 heterocycles. The van der Waals surface area contributed by atoms with Crippen LogP contribution in [0.5, 0.6) is 0 Å². The molecule has 0 radical (unpaired) electrons. The van der Waals surface area contributed by atoms with Crippen molar-refractivity contribution in [2.24, 2.45) is 0 Å². The molecule has 1 aromatic heterocycles. The summed E-state index contributed by atoms with van der Waals surface area (Å²) < 4.78 is 0. The molecule has 1 N–H and O–H groups in total. The van der Waals surface area contributed by atoms with Crippen molar-refractivity contribution < 1.29 is 0 Å². The van der Waals surface area contributed by atoms with Crippen LogP contribution in [0.15, 0.2) is 23.3 Å². The first-order valence-electron chi connectivity index (χ1n) is 3.58. The highest BCUT2D eigenvalue weighted by Gasteiger charge is 2.08. The number of nitrogens with zero attached hydrogens (tertiary/aromatic N) is 1. The number of aromatic amines is 1. The van der Waals surface area contributed by atoms with Crippen molar-refractivity contribution in [2.75, 3.05) is 0 Å². The molecule has 0 atom stereocenters. The summed E-state index contributed by atoms with van der Waals surface area (Å²) in [6, 6.07) is 0. The third-order valence-corrected chi connectivity index (χ3v) is 1.84. The van der Waals surface area contributed by atoms with E-state index in [2.05, 4.69) is 9.97 Å². The average molecular weight is 148 g/mol. The van der Waals surface area contributed by atoms with Crippen LogP contribution in [0.2, 0.25) is 0 Å². The van der Waals surface area contributed by atoms with Gasteiger partial charge in [0.05, 0.1) is 12.0 Å². The number of rotatable bonds is 0. The Hall–Kier alpha value is -1.38. The Kier molecular flexibility index (Phi) is 1.35. The number of aromatic nitrogens is 2. The predicted octanol–water partition coefficient (Wildman–Crippen LogP) is 0.425. The van der Waals surface area contributed by atoms with Crippen LogP contribution in [0.25, 0.3) is 0 Å². The first kappa shape index (κ1) is 6.34. The van der Waals surface area contributed by atoms with Gasteiger partial charge in [-0.2, -0.15) is 0 Å². The second-order valence-electron chi connectivity index (χ2n) is 2.54. The van der Waals surface area contributed by atoms with E-state index in [1.54, 1.807) is 0 Å². The molecule has 56 valence electrons. The van der Waals surface area contributed by atoms with Gasteiger partial charge in [-0.05, 0) is 6.42 Å². The molecule has 0 fully saturated rings. The third kappa shape index (κ3) is 0.981. The predicted molar refractivity (Wildman–Crippen MR) is 41.4 cm³/mol. The molecule has 1 aliphatic carbocycles. The molecule has 0 saturated carbocycles. The van der Waals surface area contributed by atoms with E-state index in [4.69, 9.17) is 0 Å². The zero-order valence-corrected chi connectivity index (χ0v) is 6.00. The number of H-pyrrole nitrogens is 1. The topological polar surface area (TPSA) is 45.8 Å². The van der Waals surface area contributed by atoms with Crippen molar-refractivity contribution in [3.63, 3.8) is 0 Å². The van der Waals surface area contributed by atoms with Crippen molar-refractivity contribution >= 4 is 0 Å². The monoisotopic (exact) mass is 148 g/mol. The Morgan fingerprint density at radius 2 is 2.18 bits per heavy atom. The highest BCUT2D eigenvalue weighted by molar-refractivity contribution is 5.25. The standard InChI is InChI=1S/C8H8N2O/c11-8-6-3-1-2-4-7(6)9-5-10-8/h1-2,5H,3-4H2,(H,9,10,11). The second kappa shape index (κ2) is 2.34. The SMILES string of the molecule is O=c1[nH]cnc2c1CC=CC2. The summed E-state index contributed by atoms with van der Waals surface area (Å²) in [5.41, 5.74) is 1.73. The Labute approximate surface area is 63.8 Å². The van der Waals surface area contributed by atoms with Gasteiger partial charge >= 0.3 is 0 Å². The van der Waals surface area contributed by atoms with Gasteiger partial charge in [-0.1, -0.05) is 12.2 Å². The van der Waals surface area contributed by atoms with Gasteiger partial charge in [0.1, 0.15) is 0 Å². The lowest BCUT2D eigenvalue weighted by Crippen LogP contribution is -2.17. The molecule has 0 aromatic carbocycles. The van der Waals surface area contributed by atoms with Gasteiger partial charge in [-0.15, -0.1) is 0 Å². The Morgan fingerprint density at radius 3 is 3.00 bits per heavy atom. The van der Waals surface area contributed by atoms with Crippen molar-refractivity contribution in [3.8, 4) is 0 Å². The summed E-state index contributed by atoms with van der Waals surface area (Å²) in [4.78, 5) is 17.8. The number of allylic oxidation sites excluding steroid dienone is 2. The van der Waals surface area contributed by atoms with Crippen LogP contribution in [0.1, 0.15) is 11.3 Å². The molecule has 2 rings (SSSR count). The third-order valence-electron chi connectivity index (χ3n) is 1.84. The molecular formula is C8H8N2O. The minimum absolute atomic E-state index is 0.000602. The molecule has 0 amide bonds. The Morgan fingerprint density at radius 1 is 1.36 bits per heavy atom. The Balaban J connectivity index is 2.63. The van der Waals surface area contributed by atoms with Crippen LogP contribution in [0.4, 0.5) is 0 Å². The lowest BCUT2D eigenvalue weighted by molar-refractivity contribution is 0.933. The second-order valence-corrected chi connectivity index (χ2v) is 2.54. The quantitative estimate of drug-likeness (QED) is 0.542. The van der Waals surface area contributed by atoms with E-state index in [9.17, 15) is 4.79 Å². The van der Waals surface area contributed by atoms with Gasteiger partial charge in [0.25, 0.3) is 5.56 Å². The molecule has 0 saturated heterocycles. The first-order chi connectivity index (χ1) is 5.38. The molecule has 11 heavy (non-hydrogen) atoms. The summed E-state index contributed by atoms with van der Waals surface area (Å²) >= 11 is 0. The lowest BCUT2D eigenvalue weighted by Gasteiger charge is -2.06. The molecule has 0 unspecified atom stereocenters. The summed E-state index contributed by atoms with van der Waals surface area (Å²) in [5.74, 6) is 0. The van der Waals surface area contributed by atoms with Gasteiger partial charge in [-0.3, -0.25) is 4.79 Å². The van der Waals surface area contributed by atoms with Crippen molar-refractivity contribution in [3.05, 3.63) is 40.1 Å². The van der Waals surface area contributed by atoms with Crippen LogP contribution in [-0.4, -0.2) is 9.97 Å². The van der Waals surface area contributed by atoms with Crippen LogP contribution in [0, 0.1) is 0 Å². The largest absolute Gasteiger partial charge is 0.313 e. The molecule has 0 bridgehead atoms. The fourth-order valence-corrected chi connectivity index (χ4v) is 1.25. The van der Waals surface area contributed by atoms with Crippen molar-refractivity contribution in [1.82, 2.24) is 9.97 Å². The van der Waals surface area contributed by atoms with Gasteiger partial charge < -0.3 is 4.98 Å². The van der Waals surface area contributed by atoms with E-state index in [-0.39, 0.29) is 5.56 Å². The smallest absolute Gasteiger partial charge is 0.254 e. The van der Waals surface area contributed by atoms with Gasteiger partial charge in [0, 0.05) is 12.0 Å². The van der Waals surface area contributed by atoms with Crippen LogP contribution < -0.4 is 5.56 Å². The zero-order valence-electron chi connectivity index (χ0n) is 6.00. The fraction of sp³-hybridized carbons (Fsp3) is 0.250. The van der Waals surface area contributed by atoms with Gasteiger partial charge in [0.2, 0.25) is 0 Å². The molecular weight excluding hydrogens is 140 g/mol. The van der Waals surface area contributed by atoms with E-state index in [1.165, 1.54) is 6.33 Å². The summed E-state index contributed by atoms with van der Waals surface area (Å²) in [5, 5.41) is 0. The van der Waals surface area contributed by atoms with Crippen LogP contribution in [-0.2, 0) is 12.8 Å². The number of hydrogen-bond acceptors (Lipinski definition) is 2. The summed E-state index contributed by atoms with van der Waals surface area (Å²) in [6.45, 7) is 0. The van der Waals surface area contributed by atoms with E-state index >= 15 is 0 Å². The van der Waals surface area contributed by atoms with E-state index in [1.807, 2.05) is 12.2 Å². The van der Waals surface area contributed by atoms with Crippen LogP contribution in [0.3, 0.4) is 0 Å². The van der Waals surface area contributed by atoms with E-state index < -0.39 is 0 Å². The molecule has 0 spiro atoms. The molecule has 0 aliphatic heterocycles. The molecule has 1 aromatic rings. The average Bonchev–Trinajstić information content (AvgIpc) is 2.06. The zero-order chi connectivity index (χ0) is 7.68. The highest BCUT2D eigenvalue weighted by Crippen LogP contribution is 2.07. The normalized spacial score (nSPS) is 14.5. The minimum Gasteiger partial charge on any atom is -0.313 e. The van der Waals surface area contributed by atoms with Gasteiger partial charge in [-0.25, -0.2) is 4.98 Å². The molecule has 3 heteroatoms. The van der Waals surface area contributed by atoms with E-state index in [0.29, 0.717) is 0 Å². The minimum atomic E-state index is -0.000602. The maximum Gasteiger partial charge on any atom is 0.254 e. The number of nitrogens with one attached hydrogen (secondary N) is 1. The highest BCUT2D eigenvalue weighted by atomic mass is 16.1. The van der Waals surface area contributed by atoms with Crippen molar-refractivity contribution in [2.45, 2.75) is 12.8 Å². The molecule has 1 aliphatic rings. The van der Waals surface area contributed by atoms with E-state index in [0.717, 1.165) is 24.1 Å². The van der Waals surface area contributed by atoms with Crippen LogP contribution >= 0.6 is 0 Å². The number of hydrogen-bond donors (Lipinski definition) is 1. The first-order valence-corrected chi connectivity index (χ1v) is 3.58. The summed E-state index contributed by atoms with van der Waals surface area (Å²) in [6.07, 6.45) is 7.01. The maximum absolute atomic E-state index is 11.1. The number of fused-ring (bicyclic) bond motifs is 1. The summed E-state index contributed by atoms with van der Waals surface area (Å²) in [7, 11) is 0. The van der Waals surface area contributed by atoms with Crippen molar-refractivity contribution in [1.29, 1.82) is 0 Å².